The van der Waals surface area contributed by atoms with Gasteiger partial charge >= 0.3 is 0 Å². The lowest BCUT2D eigenvalue weighted by molar-refractivity contribution is 0.0342. The van der Waals surface area contributed by atoms with E-state index in [2.05, 4.69) is 51.5 Å². The largest absolute Gasteiger partial charge is 0.379 e. The standard InChI is InChI=1S/C24H31N3O2/c28-24(23-8-6-20(7-9-23)18-26-10-1-2-11-26)25-17-21-4-3-5-22(16-21)19-27-12-14-29-15-13-27/h3-9,16H,1-2,10-15,17-19H2,(H,25,28). The zero-order valence-corrected chi connectivity index (χ0v) is 17.1. The number of amides is 1. The lowest BCUT2D eigenvalue weighted by Crippen LogP contribution is -2.35. The molecular formula is C24H31N3O2. The van der Waals surface area contributed by atoms with Crippen LogP contribution in [-0.4, -0.2) is 55.1 Å². The van der Waals surface area contributed by atoms with Crippen LogP contribution in [0.4, 0.5) is 0 Å². The smallest absolute Gasteiger partial charge is 0.251 e. The van der Waals surface area contributed by atoms with Crippen LogP contribution in [0.25, 0.3) is 0 Å². The van der Waals surface area contributed by atoms with Crippen molar-refractivity contribution in [3.63, 3.8) is 0 Å². The van der Waals surface area contributed by atoms with Crippen molar-refractivity contribution in [2.24, 2.45) is 0 Å². The van der Waals surface area contributed by atoms with Crippen molar-refractivity contribution in [3.8, 4) is 0 Å². The molecule has 2 aromatic rings. The molecule has 1 N–H and O–H groups in total. The number of nitrogens with zero attached hydrogens (tertiary/aromatic N) is 2. The van der Waals surface area contributed by atoms with Crippen LogP contribution in [0.3, 0.4) is 0 Å². The van der Waals surface area contributed by atoms with Crippen molar-refractivity contribution in [3.05, 3.63) is 70.8 Å². The van der Waals surface area contributed by atoms with E-state index in [9.17, 15) is 4.79 Å². The molecule has 5 nitrogen and oxygen atoms in total. The van der Waals surface area contributed by atoms with Crippen molar-refractivity contribution in [1.29, 1.82) is 0 Å². The van der Waals surface area contributed by atoms with Crippen LogP contribution in [0, 0.1) is 0 Å². The first-order chi connectivity index (χ1) is 14.3. The fourth-order valence-electron chi connectivity index (χ4n) is 4.10. The summed E-state index contributed by atoms with van der Waals surface area (Å²) in [6.45, 7) is 8.43. The maximum absolute atomic E-state index is 12.5. The van der Waals surface area contributed by atoms with E-state index in [1.165, 1.54) is 37.1 Å². The molecule has 2 aromatic carbocycles. The Morgan fingerprint density at radius 3 is 2.24 bits per heavy atom. The minimum absolute atomic E-state index is 0.0173. The molecule has 0 aromatic heterocycles. The molecule has 2 saturated heterocycles. The van der Waals surface area contributed by atoms with Crippen LogP contribution < -0.4 is 5.32 Å². The Labute approximate surface area is 173 Å². The number of morpholine rings is 1. The molecule has 29 heavy (non-hydrogen) atoms. The lowest BCUT2D eigenvalue weighted by Gasteiger charge is -2.26. The van der Waals surface area contributed by atoms with E-state index in [0.717, 1.165) is 50.5 Å². The van der Waals surface area contributed by atoms with Gasteiger partial charge in [0.05, 0.1) is 13.2 Å². The number of ether oxygens (including phenoxy) is 1. The second kappa shape index (κ2) is 10.0. The highest BCUT2D eigenvalue weighted by atomic mass is 16.5. The van der Waals surface area contributed by atoms with Crippen molar-refractivity contribution in [2.45, 2.75) is 32.5 Å². The van der Waals surface area contributed by atoms with E-state index < -0.39 is 0 Å². The highest BCUT2D eigenvalue weighted by molar-refractivity contribution is 5.94. The first kappa shape index (κ1) is 20.1. The van der Waals surface area contributed by atoms with Gasteiger partial charge in [-0.1, -0.05) is 36.4 Å². The maximum atomic E-state index is 12.5. The molecule has 2 heterocycles. The van der Waals surface area contributed by atoms with Gasteiger partial charge in [0.2, 0.25) is 0 Å². The first-order valence-corrected chi connectivity index (χ1v) is 10.7. The van der Waals surface area contributed by atoms with Gasteiger partial charge in [0.25, 0.3) is 5.91 Å². The Morgan fingerprint density at radius 2 is 1.48 bits per heavy atom. The van der Waals surface area contributed by atoms with Crippen LogP contribution in [0.1, 0.15) is 39.9 Å². The Morgan fingerprint density at radius 1 is 0.828 bits per heavy atom. The summed E-state index contributed by atoms with van der Waals surface area (Å²) in [5, 5.41) is 3.06. The van der Waals surface area contributed by atoms with Crippen molar-refractivity contribution in [2.75, 3.05) is 39.4 Å². The fourth-order valence-corrected chi connectivity index (χ4v) is 4.10. The van der Waals surface area contributed by atoms with E-state index >= 15 is 0 Å². The number of carbonyl (C=O) groups is 1. The van der Waals surface area contributed by atoms with Gasteiger partial charge in [0.15, 0.2) is 0 Å². The molecule has 0 aliphatic carbocycles. The lowest BCUT2D eigenvalue weighted by atomic mass is 10.1. The van der Waals surface area contributed by atoms with E-state index in [0.29, 0.717) is 6.54 Å². The minimum Gasteiger partial charge on any atom is -0.379 e. The summed E-state index contributed by atoms with van der Waals surface area (Å²) in [5.41, 5.74) is 4.42. The Hall–Kier alpha value is -2.21. The van der Waals surface area contributed by atoms with Crippen molar-refractivity contribution < 1.29 is 9.53 Å². The molecule has 2 aliphatic rings. The van der Waals surface area contributed by atoms with Crippen molar-refractivity contribution in [1.82, 2.24) is 15.1 Å². The van der Waals surface area contributed by atoms with Gasteiger partial charge in [-0.2, -0.15) is 0 Å². The molecule has 154 valence electrons. The zero-order valence-electron chi connectivity index (χ0n) is 17.1. The highest BCUT2D eigenvalue weighted by Crippen LogP contribution is 2.14. The average molecular weight is 394 g/mol. The van der Waals surface area contributed by atoms with Crippen LogP contribution in [0.2, 0.25) is 0 Å². The summed E-state index contributed by atoms with van der Waals surface area (Å²) in [7, 11) is 0. The second-order valence-electron chi connectivity index (χ2n) is 8.07. The van der Waals surface area contributed by atoms with Gasteiger partial charge in [-0.05, 0) is 54.8 Å². The molecule has 0 unspecified atom stereocenters. The second-order valence-corrected chi connectivity index (χ2v) is 8.07. The van der Waals surface area contributed by atoms with E-state index in [-0.39, 0.29) is 5.91 Å². The highest BCUT2D eigenvalue weighted by Gasteiger charge is 2.13. The number of benzene rings is 2. The van der Waals surface area contributed by atoms with Crippen molar-refractivity contribution >= 4 is 5.91 Å². The summed E-state index contributed by atoms with van der Waals surface area (Å²) in [4.78, 5) is 17.4. The van der Waals surface area contributed by atoms with Crippen LogP contribution in [0.5, 0.6) is 0 Å². The van der Waals surface area contributed by atoms with Gasteiger partial charge in [-0.3, -0.25) is 14.6 Å². The number of nitrogens with one attached hydrogen (secondary N) is 1. The number of hydrogen-bond donors (Lipinski definition) is 1. The van der Waals surface area contributed by atoms with Crippen LogP contribution in [-0.2, 0) is 24.4 Å². The predicted molar refractivity (Wildman–Crippen MR) is 115 cm³/mol. The summed E-state index contributed by atoms with van der Waals surface area (Å²) >= 11 is 0. The summed E-state index contributed by atoms with van der Waals surface area (Å²) in [6.07, 6.45) is 2.60. The van der Waals surface area contributed by atoms with Crippen LogP contribution in [0.15, 0.2) is 48.5 Å². The maximum Gasteiger partial charge on any atom is 0.251 e. The number of carbonyl (C=O) groups excluding carboxylic acids is 1. The fraction of sp³-hybridized carbons (Fsp3) is 0.458. The summed E-state index contributed by atoms with van der Waals surface area (Å²) in [5.74, 6) is -0.0173. The Balaban J connectivity index is 1.28. The zero-order chi connectivity index (χ0) is 19.9. The predicted octanol–water partition coefficient (Wildman–Crippen LogP) is 3.04. The summed E-state index contributed by atoms with van der Waals surface area (Å²) < 4.78 is 5.42. The molecule has 0 radical (unpaired) electrons. The Bertz CT molecular complexity index is 794. The molecule has 0 saturated carbocycles. The van der Waals surface area contributed by atoms with Crippen LogP contribution >= 0.6 is 0 Å². The normalized spacial score (nSPS) is 18.1. The molecule has 1 amide bonds. The van der Waals surface area contributed by atoms with Gasteiger partial charge in [-0.15, -0.1) is 0 Å². The van der Waals surface area contributed by atoms with Gasteiger partial charge in [0, 0.05) is 38.3 Å². The van der Waals surface area contributed by atoms with Gasteiger partial charge in [0.1, 0.15) is 0 Å². The topological polar surface area (TPSA) is 44.8 Å². The number of likely N-dealkylation sites (tertiary alicyclic amines) is 1. The average Bonchev–Trinajstić information content (AvgIpc) is 3.27. The quantitative estimate of drug-likeness (QED) is 0.785. The molecule has 5 heteroatoms. The molecule has 0 spiro atoms. The molecule has 0 atom stereocenters. The summed E-state index contributed by atoms with van der Waals surface area (Å²) in [6, 6.07) is 16.5. The molecule has 0 bridgehead atoms. The molecule has 2 aliphatic heterocycles. The number of hydrogen-bond acceptors (Lipinski definition) is 4. The van der Waals surface area contributed by atoms with E-state index in [1.54, 1.807) is 0 Å². The minimum atomic E-state index is -0.0173. The molecule has 4 rings (SSSR count). The molecule has 2 fully saturated rings. The first-order valence-electron chi connectivity index (χ1n) is 10.7. The SMILES string of the molecule is O=C(NCc1cccc(CN2CCOCC2)c1)c1ccc(CN2CCCC2)cc1. The van der Waals surface area contributed by atoms with E-state index in [1.807, 2.05) is 12.1 Å². The third kappa shape index (κ3) is 5.89. The molecular weight excluding hydrogens is 362 g/mol. The van der Waals surface area contributed by atoms with Gasteiger partial charge < -0.3 is 10.1 Å². The Kier molecular flexibility index (Phi) is 6.93. The third-order valence-corrected chi connectivity index (χ3v) is 5.78. The monoisotopic (exact) mass is 393 g/mol. The van der Waals surface area contributed by atoms with Gasteiger partial charge in [-0.25, -0.2) is 0 Å². The van der Waals surface area contributed by atoms with E-state index in [4.69, 9.17) is 4.74 Å². The number of rotatable bonds is 7. The third-order valence-electron chi connectivity index (χ3n) is 5.78.